The van der Waals surface area contributed by atoms with E-state index in [1.807, 2.05) is 0 Å². The first-order chi connectivity index (χ1) is 9.33. The molecule has 2 atom stereocenters. The Kier molecular flexibility index (Phi) is 4.19. The van der Waals surface area contributed by atoms with Crippen LogP contribution in [-0.4, -0.2) is 34.5 Å². The van der Waals surface area contributed by atoms with Crippen molar-refractivity contribution in [2.24, 2.45) is 5.92 Å². The largest absolute Gasteiger partial charge is 0.471 e. The summed E-state index contributed by atoms with van der Waals surface area (Å²) >= 11 is 1.54. The monoisotopic (exact) mass is 402 g/mol. The molecule has 4 heterocycles. The maximum atomic E-state index is 6.31. The molecule has 5 rings (SSSR count). The quantitative estimate of drug-likeness (QED) is 0.716. The van der Waals surface area contributed by atoms with Crippen LogP contribution in [0.25, 0.3) is 10.1 Å². The van der Waals surface area contributed by atoms with Crippen LogP contribution in [0.15, 0.2) is 24.3 Å². The third-order valence-corrected chi connectivity index (χ3v) is 5.49. The SMILES string of the molecule is CC1C(Oc2nsc3ccccc23)C2CCN1CC2.I. The Balaban J connectivity index is 0.00000121. The molecule has 3 nitrogen and oxygen atoms in total. The number of hydrogen-bond acceptors (Lipinski definition) is 4. The van der Waals surface area contributed by atoms with Gasteiger partial charge in [0.2, 0.25) is 5.88 Å². The van der Waals surface area contributed by atoms with Crippen molar-refractivity contribution >= 4 is 45.6 Å². The number of nitrogens with zero attached hydrogens (tertiary/aromatic N) is 2. The lowest BCUT2D eigenvalue weighted by Gasteiger charge is -2.48. The first kappa shape index (κ1) is 14.5. The summed E-state index contributed by atoms with van der Waals surface area (Å²) in [5.41, 5.74) is 0. The Morgan fingerprint density at radius 2 is 2.00 bits per heavy atom. The van der Waals surface area contributed by atoms with Crippen LogP contribution < -0.4 is 4.74 Å². The van der Waals surface area contributed by atoms with Crippen molar-refractivity contribution in [2.45, 2.75) is 31.9 Å². The molecular formula is C15H19IN2OS. The van der Waals surface area contributed by atoms with Gasteiger partial charge in [0.05, 0.1) is 10.1 Å². The molecule has 0 aliphatic carbocycles. The van der Waals surface area contributed by atoms with E-state index >= 15 is 0 Å². The minimum absolute atomic E-state index is 0. The fraction of sp³-hybridized carbons (Fsp3) is 0.533. The molecule has 2 unspecified atom stereocenters. The lowest BCUT2D eigenvalue weighted by Crippen LogP contribution is -2.58. The van der Waals surface area contributed by atoms with Crippen molar-refractivity contribution < 1.29 is 4.74 Å². The van der Waals surface area contributed by atoms with Crippen LogP contribution in [0.5, 0.6) is 5.88 Å². The fourth-order valence-electron chi connectivity index (χ4n) is 3.53. The van der Waals surface area contributed by atoms with Gasteiger partial charge in [0.15, 0.2) is 0 Å². The number of ether oxygens (including phenoxy) is 1. The Morgan fingerprint density at radius 1 is 1.25 bits per heavy atom. The molecule has 5 heteroatoms. The van der Waals surface area contributed by atoms with Crippen molar-refractivity contribution in [3.8, 4) is 5.88 Å². The molecule has 0 N–H and O–H groups in total. The predicted octanol–water partition coefficient (Wildman–Crippen LogP) is 3.78. The molecule has 0 saturated carbocycles. The topological polar surface area (TPSA) is 25.4 Å². The first-order valence-corrected chi connectivity index (χ1v) is 7.85. The zero-order chi connectivity index (χ0) is 12.8. The summed E-state index contributed by atoms with van der Waals surface area (Å²) in [5.74, 6) is 1.55. The van der Waals surface area contributed by atoms with E-state index in [0.717, 1.165) is 11.3 Å². The van der Waals surface area contributed by atoms with E-state index in [2.05, 4.69) is 40.5 Å². The summed E-state index contributed by atoms with van der Waals surface area (Å²) in [6, 6.07) is 8.86. The second-order valence-corrected chi connectivity index (χ2v) is 6.49. The van der Waals surface area contributed by atoms with Gasteiger partial charge < -0.3 is 4.74 Å². The number of piperidine rings is 3. The van der Waals surface area contributed by atoms with Gasteiger partial charge in [0.1, 0.15) is 6.10 Å². The van der Waals surface area contributed by atoms with Crippen molar-refractivity contribution in [3.05, 3.63) is 24.3 Å². The number of benzene rings is 1. The second kappa shape index (κ2) is 5.77. The van der Waals surface area contributed by atoms with Crippen molar-refractivity contribution in [1.29, 1.82) is 0 Å². The highest BCUT2D eigenvalue weighted by Crippen LogP contribution is 2.37. The lowest BCUT2D eigenvalue weighted by atomic mass is 9.81. The van der Waals surface area contributed by atoms with Crippen LogP contribution in [0.4, 0.5) is 0 Å². The predicted molar refractivity (Wildman–Crippen MR) is 93.2 cm³/mol. The van der Waals surface area contributed by atoms with Crippen LogP contribution in [-0.2, 0) is 0 Å². The highest BCUT2D eigenvalue weighted by atomic mass is 127. The van der Waals surface area contributed by atoms with Crippen LogP contribution in [0.1, 0.15) is 19.8 Å². The molecule has 3 aliphatic heterocycles. The van der Waals surface area contributed by atoms with Gasteiger partial charge in [0, 0.05) is 6.04 Å². The summed E-state index contributed by atoms with van der Waals surface area (Å²) in [7, 11) is 0. The number of hydrogen-bond donors (Lipinski definition) is 0. The van der Waals surface area contributed by atoms with E-state index in [1.165, 1.54) is 42.2 Å². The van der Waals surface area contributed by atoms with Crippen molar-refractivity contribution in [3.63, 3.8) is 0 Å². The molecule has 0 amide bonds. The van der Waals surface area contributed by atoms with Crippen molar-refractivity contribution in [1.82, 2.24) is 9.27 Å². The maximum absolute atomic E-state index is 6.31. The van der Waals surface area contributed by atoms with Gasteiger partial charge in [-0.1, -0.05) is 12.1 Å². The van der Waals surface area contributed by atoms with Crippen molar-refractivity contribution in [2.75, 3.05) is 13.1 Å². The van der Waals surface area contributed by atoms with Crippen LogP contribution >= 0.6 is 35.5 Å². The highest BCUT2D eigenvalue weighted by molar-refractivity contribution is 14.0. The van der Waals surface area contributed by atoms with E-state index < -0.39 is 0 Å². The molecule has 1 aromatic heterocycles. The maximum Gasteiger partial charge on any atom is 0.233 e. The van der Waals surface area contributed by atoms with E-state index in [-0.39, 0.29) is 24.0 Å². The molecular weight excluding hydrogens is 383 g/mol. The molecule has 108 valence electrons. The number of rotatable bonds is 2. The van der Waals surface area contributed by atoms with Gasteiger partial charge in [0.25, 0.3) is 0 Å². The average molecular weight is 402 g/mol. The molecule has 2 bridgehead atoms. The Labute approximate surface area is 140 Å². The van der Waals surface area contributed by atoms with E-state index in [4.69, 9.17) is 4.74 Å². The lowest BCUT2D eigenvalue weighted by molar-refractivity contribution is -0.0515. The molecule has 3 aliphatic rings. The fourth-order valence-corrected chi connectivity index (χ4v) is 4.24. The summed E-state index contributed by atoms with van der Waals surface area (Å²) in [6.45, 7) is 4.78. The van der Waals surface area contributed by atoms with Crippen LogP contribution in [0, 0.1) is 5.92 Å². The standard InChI is InChI=1S/C15H18N2OS.HI/c1-10-14(11-6-8-17(10)9-7-11)18-15-12-4-2-3-5-13(12)19-16-15;/h2-5,10-11,14H,6-9H2,1H3;1H. The molecule has 1 aromatic carbocycles. The third-order valence-electron chi connectivity index (χ3n) is 4.68. The highest BCUT2D eigenvalue weighted by Gasteiger charge is 2.41. The summed E-state index contributed by atoms with van der Waals surface area (Å²) in [5, 5.41) is 1.16. The van der Waals surface area contributed by atoms with Gasteiger partial charge >= 0.3 is 0 Å². The molecule has 20 heavy (non-hydrogen) atoms. The smallest absolute Gasteiger partial charge is 0.233 e. The normalized spacial score (nSPS) is 32.0. The molecule has 3 fully saturated rings. The average Bonchev–Trinajstić information content (AvgIpc) is 2.87. The van der Waals surface area contributed by atoms with Gasteiger partial charge in [-0.25, -0.2) is 0 Å². The molecule has 2 aromatic rings. The summed E-state index contributed by atoms with van der Waals surface area (Å²) < 4.78 is 12.0. The van der Waals surface area contributed by atoms with E-state index in [9.17, 15) is 0 Å². The van der Waals surface area contributed by atoms with Crippen LogP contribution in [0.2, 0.25) is 0 Å². The van der Waals surface area contributed by atoms with E-state index in [1.54, 1.807) is 0 Å². The molecule has 3 saturated heterocycles. The van der Waals surface area contributed by atoms with Gasteiger partial charge in [-0.3, -0.25) is 4.90 Å². The number of aromatic nitrogens is 1. The van der Waals surface area contributed by atoms with Gasteiger partial charge in [-0.2, -0.15) is 4.37 Å². The minimum atomic E-state index is 0. The summed E-state index contributed by atoms with van der Waals surface area (Å²) in [4.78, 5) is 2.55. The summed E-state index contributed by atoms with van der Waals surface area (Å²) in [6.07, 6.45) is 2.86. The number of halogens is 1. The van der Waals surface area contributed by atoms with Gasteiger partial charge in [-0.15, -0.1) is 24.0 Å². The Bertz CT molecular complexity index is 592. The minimum Gasteiger partial charge on any atom is -0.471 e. The zero-order valence-electron chi connectivity index (χ0n) is 11.5. The number of fused-ring (bicyclic) bond motifs is 4. The van der Waals surface area contributed by atoms with E-state index in [0.29, 0.717) is 18.1 Å². The Morgan fingerprint density at radius 3 is 2.75 bits per heavy atom. The molecule has 0 spiro atoms. The first-order valence-electron chi connectivity index (χ1n) is 7.08. The second-order valence-electron chi connectivity index (χ2n) is 5.68. The third kappa shape index (κ3) is 2.33. The Hall–Kier alpha value is -0.400. The zero-order valence-corrected chi connectivity index (χ0v) is 14.6. The van der Waals surface area contributed by atoms with Gasteiger partial charge in [-0.05, 0) is 62.4 Å². The van der Waals surface area contributed by atoms with Crippen LogP contribution in [0.3, 0.4) is 0 Å². The molecule has 0 radical (unpaired) electrons.